The van der Waals surface area contributed by atoms with E-state index in [4.69, 9.17) is 0 Å². The van der Waals surface area contributed by atoms with E-state index < -0.39 is 17.4 Å². The fraction of sp³-hybridized carbons (Fsp3) is 0.214. The van der Waals surface area contributed by atoms with Crippen LogP contribution in [0, 0.1) is 5.92 Å². The number of benzene rings is 5. The van der Waals surface area contributed by atoms with E-state index in [1.54, 1.807) is 39.8 Å². The molecule has 3 aliphatic heterocycles. The minimum absolute atomic E-state index is 0.0540. The third kappa shape index (κ3) is 5.02. The molecule has 0 unspecified atom stereocenters. The molecule has 0 spiro atoms. The number of hydrogen-bond donors (Lipinski definition) is 2. The first-order chi connectivity index (χ1) is 24.3. The molecule has 2 N–H and O–H groups in total. The van der Waals surface area contributed by atoms with Crippen LogP contribution in [0.5, 0.6) is 0 Å². The summed E-state index contributed by atoms with van der Waals surface area (Å²) >= 11 is 0. The van der Waals surface area contributed by atoms with Gasteiger partial charge in [0.05, 0.1) is 36.1 Å². The summed E-state index contributed by atoms with van der Waals surface area (Å²) in [6.45, 7) is 2.32. The Labute approximate surface area is 290 Å². The highest BCUT2D eigenvalue weighted by molar-refractivity contribution is 6.28. The van der Waals surface area contributed by atoms with Crippen molar-refractivity contribution in [1.29, 1.82) is 0 Å². The van der Waals surface area contributed by atoms with Crippen LogP contribution in [0.4, 0.5) is 17.1 Å². The van der Waals surface area contributed by atoms with Crippen LogP contribution in [0.3, 0.4) is 0 Å². The van der Waals surface area contributed by atoms with E-state index in [0.717, 1.165) is 33.2 Å². The van der Waals surface area contributed by atoms with Gasteiger partial charge in [0.1, 0.15) is 0 Å². The molecule has 0 bridgehead atoms. The van der Waals surface area contributed by atoms with Crippen molar-refractivity contribution in [1.82, 2.24) is 4.90 Å². The van der Waals surface area contributed by atoms with Gasteiger partial charge in [-0.15, -0.1) is 0 Å². The van der Waals surface area contributed by atoms with Gasteiger partial charge >= 0.3 is 0 Å². The Balaban J connectivity index is 1.12. The number of amides is 3. The topological polar surface area (TPSA) is 101 Å². The minimum atomic E-state index is -1.96. The molecular formula is C42H37N3O5. The van der Waals surface area contributed by atoms with E-state index in [-0.39, 0.29) is 37.4 Å². The molecule has 3 heterocycles. The fourth-order valence-electron chi connectivity index (χ4n) is 7.84. The molecule has 3 atom stereocenters. The summed E-state index contributed by atoms with van der Waals surface area (Å²) in [4.78, 5) is 46.6. The highest BCUT2D eigenvalue weighted by Gasteiger charge is 2.53. The molecule has 5 aromatic rings. The van der Waals surface area contributed by atoms with Crippen molar-refractivity contribution >= 4 is 45.6 Å². The second-order valence-corrected chi connectivity index (χ2v) is 13.4. The number of anilines is 3. The van der Waals surface area contributed by atoms with E-state index in [0.29, 0.717) is 35.5 Å². The van der Waals surface area contributed by atoms with Gasteiger partial charge in [-0.1, -0.05) is 97.9 Å². The van der Waals surface area contributed by atoms with Crippen LogP contribution in [-0.2, 0) is 34.7 Å². The summed E-state index contributed by atoms with van der Waals surface area (Å²) in [6, 6.07) is 34.1. The largest absolute Gasteiger partial charge is 0.394 e. The number of rotatable bonds is 8. The Morgan fingerprint density at radius 3 is 2.42 bits per heavy atom. The Morgan fingerprint density at radius 2 is 1.64 bits per heavy atom. The van der Waals surface area contributed by atoms with E-state index in [9.17, 15) is 24.6 Å². The van der Waals surface area contributed by atoms with Crippen molar-refractivity contribution < 1.29 is 24.6 Å². The summed E-state index contributed by atoms with van der Waals surface area (Å²) in [5.74, 6) is -1.49. The third-order valence-corrected chi connectivity index (χ3v) is 10.5. The molecule has 0 radical (unpaired) electrons. The molecule has 5 aromatic carbocycles. The number of nitrogens with zero attached hydrogens (tertiary/aromatic N) is 3. The maximum Gasteiger partial charge on any atom is 0.264 e. The zero-order valence-corrected chi connectivity index (χ0v) is 27.7. The highest BCUT2D eigenvalue weighted by atomic mass is 16.3. The van der Waals surface area contributed by atoms with Crippen molar-refractivity contribution in [2.24, 2.45) is 5.92 Å². The fourth-order valence-corrected chi connectivity index (χ4v) is 7.84. The summed E-state index contributed by atoms with van der Waals surface area (Å²) in [5, 5.41) is 24.4. The Morgan fingerprint density at radius 1 is 0.900 bits per heavy atom. The van der Waals surface area contributed by atoms with Crippen molar-refractivity contribution in [3.05, 3.63) is 149 Å². The van der Waals surface area contributed by atoms with Crippen LogP contribution in [0.15, 0.2) is 121 Å². The van der Waals surface area contributed by atoms with Gasteiger partial charge < -0.3 is 20.0 Å². The summed E-state index contributed by atoms with van der Waals surface area (Å²) in [6.07, 6.45) is 4.07. The zero-order valence-electron chi connectivity index (χ0n) is 27.7. The first kappa shape index (κ1) is 31.7. The molecule has 0 saturated heterocycles. The van der Waals surface area contributed by atoms with Crippen LogP contribution in [-0.4, -0.2) is 45.5 Å². The van der Waals surface area contributed by atoms with Gasteiger partial charge in [0.15, 0.2) is 5.60 Å². The second-order valence-electron chi connectivity index (χ2n) is 13.4. The van der Waals surface area contributed by atoms with Crippen LogP contribution < -0.4 is 9.80 Å². The SMILES string of the molecule is C[C@@H](/C=C/CC(=O)N1Cc2ccccc2C[C@H]1CO)[C@]1(O)C(=O)N(Cc2ccccc2)c2ccc(N3C(=O)c4cccc5cccc3c45)cc21. The Bertz CT molecular complexity index is 2190. The number of carbonyl (C=O) groups excluding carboxylic acids is 3. The molecule has 0 aromatic heterocycles. The van der Waals surface area contributed by atoms with Crippen LogP contribution in [0.1, 0.15) is 46.0 Å². The predicted molar refractivity (Wildman–Crippen MR) is 193 cm³/mol. The Kier molecular flexibility index (Phi) is 7.85. The maximum atomic E-state index is 14.4. The molecule has 8 rings (SSSR count). The maximum absolute atomic E-state index is 14.4. The zero-order chi connectivity index (χ0) is 34.6. The summed E-state index contributed by atoms with van der Waals surface area (Å²) < 4.78 is 0. The number of carbonyl (C=O) groups is 3. The molecule has 3 aliphatic rings. The van der Waals surface area contributed by atoms with Crippen LogP contribution >= 0.6 is 0 Å². The summed E-state index contributed by atoms with van der Waals surface area (Å²) in [5.41, 5.74) is 4.04. The van der Waals surface area contributed by atoms with Gasteiger partial charge in [-0.25, -0.2) is 0 Å². The van der Waals surface area contributed by atoms with Crippen LogP contribution in [0.25, 0.3) is 10.8 Å². The number of fused-ring (bicyclic) bond motifs is 2. The molecule has 50 heavy (non-hydrogen) atoms. The van der Waals surface area contributed by atoms with E-state index in [1.165, 1.54) is 0 Å². The standard InChI is InChI=1S/C42H37N3O5/c1-27(10-7-19-38(47)43-25-31-14-6-5-13-30(31)22-33(43)26-46)42(50)35-23-32(20-21-36(35)44(41(42)49)24-28-11-3-2-4-12-28)45-37-18-9-16-29-15-8-17-34(39(29)37)40(45)48/h2-18,20-21,23,27,33,46,50H,19,22,24-26H2,1H3/b10-7+/t27-,33-,42+/m0/s1. The van der Waals surface area contributed by atoms with Crippen molar-refractivity contribution in [3.63, 3.8) is 0 Å². The molecule has 3 amide bonds. The molecule has 8 heteroatoms. The monoisotopic (exact) mass is 663 g/mol. The van der Waals surface area contributed by atoms with Crippen molar-refractivity contribution in [2.75, 3.05) is 16.4 Å². The lowest BCUT2D eigenvalue weighted by Crippen LogP contribution is -2.46. The average molecular weight is 664 g/mol. The smallest absolute Gasteiger partial charge is 0.264 e. The second kappa shape index (κ2) is 12.4. The predicted octanol–water partition coefficient (Wildman–Crippen LogP) is 6.39. The van der Waals surface area contributed by atoms with Gasteiger partial charge in [-0.3, -0.25) is 19.3 Å². The van der Waals surface area contributed by atoms with Gasteiger partial charge in [0, 0.05) is 35.5 Å². The lowest BCUT2D eigenvalue weighted by atomic mass is 9.82. The van der Waals surface area contributed by atoms with Gasteiger partial charge in [-0.05, 0) is 58.8 Å². The van der Waals surface area contributed by atoms with Crippen molar-refractivity contribution in [2.45, 2.75) is 44.5 Å². The highest BCUT2D eigenvalue weighted by Crippen LogP contribution is 2.49. The number of hydrogen-bond acceptors (Lipinski definition) is 5. The molecule has 8 nitrogen and oxygen atoms in total. The molecule has 250 valence electrons. The molecule has 0 saturated carbocycles. The van der Waals surface area contributed by atoms with E-state index >= 15 is 0 Å². The van der Waals surface area contributed by atoms with Crippen LogP contribution in [0.2, 0.25) is 0 Å². The summed E-state index contributed by atoms with van der Waals surface area (Å²) in [7, 11) is 0. The lowest BCUT2D eigenvalue weighted by molar-refractivity contribution is -0.139. The number of aliphatic hydroxyl groups excluding tert-OH is 1. The van der Waals surface area contributed by atoms with E-state index in [2.05, 4.69) is 0 Å². The van der Waals surface area contributed by atoms with E-state index in [1.807, 2.05) is 103 Å². The quantitative estimate of drug-likeness (QED) is 0.187. The molecule has 0 fully saturated rings. The van der Waals surface area contributed by atoms with Crippen molar-refractivity contribution in [3.8, 4) is 0 Å². The Hall–Kier alpha value is -5.57. The van der Waals surface area contributed by atoms with Gasteiger partial charge in [0.25, 0.3) is 11.8 Å². The molecular weight excluding hydrogens is 626 g/mol. The average Bonchev–Trinajstić information content (AvgIpc) is 3.55. The normalized spacial score (nSPS) is 20.1. The first-order valence-corrected chi connectivity index (χ1v) is 17.0. The minimum Gasteiger partial charge on any atom is -0.394 e. The third-order valence-electron chi connectivity index (χ3n) is 10.5. The lowest BCUT2D eigenvalue weighted by Gasteiger charge is -2.36. The number of aliphatic hydroxyl groups is 2. The molecule has 0 aliphatic carbocycles. The van der Waals surface area contributed by atoms with Gasteiger partial charge in [-0.2, -0.15) is 0 Å². The first-order valence-electron chi connectivity index (χ1n) is 17.0. The van der Waals surface area contributed by atoms with Gasteiger partial charge in [0.2, 0.25) is 5.91 Å².